The molecule has 2 nitrogen and oxygen atoms in total. The Labute approximate surface area is 85.0 Å². The number of carbonyl (C=O) groups excluding carboxylic acids is 1. The van der Waals surface area contributed by atoms with Gasteiger partial charge >= 0.3 is 0 Å². The summed E-state index contributed by atoms with van der Waals surface area (Å²) in [7, 11) is 0. The Balaban J connectivity index is 2.10. The van der Waals surface area contributed by atoms with Gasteiger partial charge in [0.25, 0.3) is 0 Å². The molecule has 1 fully saturated rings. The number of ketones is 1. The van der Waals surface area contributed by atoms with Crippen LogP contribution in [0.3, 0.4) is 0 Å². The predicted octanol–water partition coefficient (Wildman–Crippen LogP) is 2.36. The molecule has 1 saturated carbocycles. The molecule has 78 valence electrons. The van der Waals surface area contributed by atoms with Gasteiger partial charge in [-0.3, -0.25) is 4.79 Å². The molecule has 2 aliphatic rings. The Bertz CT molecular complexity index is 259. The molecule has 0 radical (unpaired) electrons. The average molecular weight is 194 g/mol. The van der Waals surface area contributed by atoms with Crippen LogP contribution < -0.4 is 0 Å². The molecule has 0 unspecified atom stereocenters. The van der Waals surface area contributed by atoms with E-state index in [9.17, 15) is 9.90 Å². The molecule has 0 spiro atoms. The molecule has 0 atom stereocenters. The molecule has 2 rings (SSSR count). The maximum atomic E-state index is 12.0. The Kier molecular flexibility index (Phi) is 2.73. The lowest BCUT2D eigenvalue weighted by Gasteiger charge is -2.23. The first kappa shape index (κ1) is 9.91. The van der Waals surface area contributed by atoms with Crippen molar-refractivity contribution >= 4 is 5.78 Å². The van der Waals surface area contributed by atoms with Crippen molar-refractivity contribution in [2.75, 3.05) is 0 Å². The molecular weight excluding hydrogens is 176 g/mol. The number of hydrogen-bond acceptors (Lipinski definition) is 2. The van der Waals surface area contributed by atoms with Gasteiger partial charge in [-0.25, -0.2) is 0 Å². The molecule has 2 heteroatoms. The first-order valence-electron chi connectivity index (χ1n) is 5.69. The minimum absolute atomic E-state index is 0.0229. The number of rotatable bonds is 2. The summed E-state index contributed by atoms with van der Waals surface area (Å²) < 4.78 is 0. The largest absolute Gasteiger partial charge is 0.382 e. The molecule has 2 aliphatic carbocycles. The fraction of sp³-hybridized carbons (Fsp3) is 0.750. The maximum absolute atomic E-state index is 12.0. The van der Waals surface area contributed by atoms with E-state index in [0.717, 1.165) is 37.7 Å². The van der Waals surface area contributed by atoms with E-state index in [0.29, 0.717) is 12.8 Å². The molecule has 0 amide bonds. The van der Waals surface area contributed by atoms with Crippen molar-refractivity contribution in [3.63, 3.8) is 0 Å². The molecule has 0 aromatic heterocycles. The molecular formula is C12H18O2. The predicted molar refractivity (Wildman–Crippen MR) is 55.0 cm³/mol. The van der Waals surface area contributed by atoms with Gasteiger partial charge < -0.3 is 5.11 Å². The van der Waals surface area contributed by atoms with Gasteiger partial charge in [-0.05, 0) is 56.9 Å². The van der Waals surface area contributed by atoms with Crippen LogP contribution in [0.1, 0.15) is 51.4 Å². The maximum Gasteiger partial charge on any atom is 0.189 e. The van der Waals surface area contributed by atoms with Crippen LogP contribution in [0, 0.1) is 0 Å². The third kappa shape index (κ3) is 1.76. The summed E-state index contributed by atoms with van der Waals surface area (Å²) in [6.07, 6.45) is 9.54. The minimum Gasteiger partial charge on any atom is -0.382 e. The van der Waals surface area contributed by atoms with Crippen LogP contribution in [0.5, 0.6) is 0 Å². The minimum atomic E-state index is -0.997. The van der Waals surface area contributed by atoms with Crippen LogP contribution in [0.2, 0.25) is 0 Å². The molecule has 0 aliphatic heterocycles. The average Bonchev–Trinajstić information content (AvgIpc) is 2.67. The summed E-state index contributed by atoms with van der Waals surface area (Å²) in [4.78, 5) is 12.0. The van der Waals surface area contributed by atoms with Crippen molar-refractivity contribution in [3.05, 3.63) is 11.6 Å². The van der Waals surface area contributed by atoms with Crippen molar-refractivity contribution in [2.45, 2.75) is 57.0 Å². The summed E-state index contributed by atoms with van der Waals surface area (Å²) in [6, 6.07) is 0. The monoisotopic (exact) mass is 194 g/mol. The third-order valence-corrected chi connectivity index (χ3v) is 3.44. The molecule has 14 heavy (non-hydrogen) atoms. The Morgan fingerprint density at radius 1 is 1.21 bits per heavy atom. The Morgan fingerprint density at radius 2 is 1.93 bits per heavy atom. The van der Waals surface area contributed by atoms with E-state index in [1.807, 2.05) is 6.08 Å². The van der Waals surface area contributed by atoms with Crippen LogP contribution in [-0.2, 0) is 4.79 Å². The molecule has 0 aromatic rings. The first-order chi connectivity index (χ1) is 6.72. The van der Waals surface area contributed by atoms with Gasteiger partial charge in [-0.15, -0.1) is 0 Å². The zero-order chi connectivity index (χ0) is 10.0. The van der Waals surface area contributed by atoms with Gasteiger partial charge in [0, 0.05) is 0 Å². The van der Waals surface area contributed by atoms with E-state index in [4.69, 9.17) is 0 Å². The lowest BCUT2D eigenvalue weighted by molar-refractivity contribution is -0.132. The van der Waals surface area contributed by atoms with E-state index in [1.165, 1.54) is 6.42 Å². The van der Waals surface area contributed by atoms with Gasteiger partial charge in [0.05, 0.1) is 0 Å². The van der Waals surface area contributed by atoms with E-state index >= 15 is 0 Å². The van der Waals surface area contributed by atoms with Crippen molar-refractivity contribution in [2.24, 2.45) is 0 Å². The number of allylic oxidation sites excluding steroid dienone is 1. The summed E-state index contributed by atoms with van der Waals surface area (Å²) in [6.45, 7) is 0. The normalized spacial score (nSPS) is 25.9. The highest BCUT2D eigenvalue weighted by Crippen LogP contribution is 2.34. The van der Waals surface area contributed by atoms with E-state index < -0.39 is 5.60 Å². The second kappa shape index (κ2) is 3.85. The van der Waals surface area contributed by atoms with E-state index in [1.54, 1.807) is 0 Å². The van der Waals surface area contributed by atoms with Gasteiger partial charge in [-0.1, -0.05) is 6.08 Å². The topological polar surface area (TPSA) is 37.3 Å². The highest BCUT2D eigenvalue weighted by molar-refractivity contribution is 6.01. The van der Waals surface area contributed by atoms with Crippen molar-refractivity contribution in [1.82, 2.24) is 0 Å². The summed E-state index contributed by atoms with van der Waals surface area (Å²) in [5.41, 5.74) is -0.107. The van der Waals surface area contributed by atoms with Crippen molar-refractivity contribution < 1.29 is 9.90 Å². The summed E-state index contributed by atoms with van der Waals surface area (Å²) >= 11 is 0. The summed E-state index contributed by atoms with van der Waals surface area (Å²) in [5, 5.41) is 10.1. The third-order valence-electron chi connectivity index (χ3n) is 3.44. The fourth-order valence-corrected chi connectivity index (χ4v) is 2.53. The smallest absolute Gasteiger partial charge is 0.189 e. The van der Waals surface area contributed by atoms with Crippen LogP contribution in [0.25, 0.3) is 0 Å². The Hall–Kier alpha value is -0.630. The summed E-state index contributed by atoms with van der Waals surface area (Å²) in [5.74, 6) is 0.0229. The quantitative estimate of drug-likeness (QED) is 0.732. The van der Waals surface area contributed by atoms with Crippen molar-refractivity contribution in [1.29, 1.82) is 0 Å². The standard InChI is InChI=1S/C12H18O2/c13-11(10-6-2-1-3-7-10)12(14)8-4-5-9-12/h6,14H,1-5,7-9H2. The molecule has 0 heterocycles. The molecule has 0 aromatic carbocycles. The zero-order valence-electron chi connectivity index (χ0n) is 8.59. The lowest BCUT2D eigenvalue weighted by Crippen LogP contribution is -2.36. The van der Waals surface area contributed by atoms with Gasteiger partial charge in [-0.2, -0.15) is 0 Å². The van der Waals surface area contributed by atoms with Gasteiger partial charge in [0.2, 0.25) is 0 Å². The Morgan fingerprint density at radius 3 is 2.50 bits per heavy atom. The van der Waals surface area contributed by atoms with Crippen LogP contribution in [0.15, 0.2) is 11.6 Å². The van der Waals surface area contributed by atoms with Gasteiger partial charge in [0.1, 0.15) is 5.60 Å². The first-order valence-corrected chi connectivity index (χ1v) is 5.69. The highest BCUT2D eigenvalue weighted by Gasteiger charge is 2.39. The van der Waals surface area contributed by atoms with E-state index in [2.05, 4.69) is 0 Å². The molecule has 0 saturated heterocycles. The fourth-order valence-electron chi connectivity index (χ4n) is 2.53. The lowest BCUT2D eigenvalue weighted by atomic mass is 9.86. The van der Waals surface area contributed by atoms with Crippen molar-refractivity contribution in [3.8, 4) is 0 Å². The van der Waals surface area contributed by atoms with Crippen LogP contribution >= 0.6 is 0 Å². The number of hydrogen-bond donors (Lipinski definition) is 1. The molecule has 1 N–H and O–H groups in total. The van der Waals surface area contributed by atoms with E-state index in [-0.39, 0.29) is 5.78 Å². The van der Waals surface area contributed by atoms with Crippen LogP contribution in [-0.4, -0.2) is 16.5 Å². The van der Waals surface area contributed by atoms with Crippen LogP contribution in [0.4, 0.5) is 0 Å². The number of carbonyl (C=O) groups is 1. The number of Topliss-reactive ketones (excluding diaryl/α,β-unsaturated/α-hetero) is 1. The zero-order valence-corrected chi connectivity index (χ0v) is 8.59. The molecule has 0 bridgehead atoms. The second-order valence-electron chi connectivity index (χ2n) is 4.54. The second-order valence-corrected chi connectivity index (χ2v) is 4.54. The highest BCUT2D eigenvalue weighted by atomic mass is 16.3. The SMILES string of the molecule is O=C(C1=CCCCC1)C1(O)CCCC1. The van der Waals surface area contributed by atoms with Gasteiger partial charge in [0.15, 0.2) is 5.78 Å². The number of aliphatic hydroxyl groups is 1.